The van der Waals surface area contributed by atoms with E-state index in [1.54, 1.807) is 11.1 Å². The third-order valence-corrected chi connectivity index (χ3v) is 3.55. The van der Waals surface area contributed by atoms with E-state index in [2.05, 4.69) is 36.8 Å². The summed E-state index contributed by atoms with van der Waals surface area (Å²) in [5.74, 6) is 0.143. The Bertz CT molecular complexity index is 408. The van der Waals surface area contributed by atoms with Crippen molar-refractivity contribution in [3.05, 3.63) is 22.4 Å². The fourth-order valence-electron chi connectivity index (χ4n) is 1.62. The number of halogens is 2. The summed E-state index contributed by atoms with van der Waals surface area (Å²) >= 11 is 6.83. The molecule has 1 fully saturated rings. The molecule has 1 saturated heterocycles. The van der Waals surface area contributed by atoms with Crippen LogP contribution in [0.15, 0.2) is 16.9 Å². The van der Waals surface area contributed by atoms with Gasteiger partial charge in [0.25, 0.3) is 0 Å². The topological polar surface area (TPSA) is 33.2 Å². The molecule has 1 aromatic heterocycles. The lowest BCUT2D eigenvalue weighted by molar-refractivity contribution is -0.117. The van der Waals surface area contributed by atoms with Gasteiger partial charge in [0, 0.05) is 24.0 Å². The minimum absolute atomic E-state index is 0.143. The van der Waals surface area contributed by atoms with Crippen LogP contribution in [0, 0.1) is 6.92 Å². The summed E-state index contributed by atoms with van der Waals surface area (Å²) in [7, 11) is 0. The lowest BCUT2D eigenvalue weighted by Gasteiger charge is -2.17. The zero-order valence-electron chi connectivity index (χ0n) is 8.20. The molecular formula is C10H10Br2N2O. The van der Waals surface area contributed by atoms with Gasteiger partial charge >= 0.3 is 0 Å². The number of alkyl halides is 1. The number of hydrogen-bond donors (Lipinski definition) is 0. The molecule has 0 saturated carbocycles. The van der Waals surface area contributed by atoms with E-state index >= 15 is 0 Å². The van der Waals surface area contributed by atoms with Crippen LogP contribution in [0.5, 0.6) is 0 Å². The molecule has 80 valence electrons. The van der Waals surface area contributed by atoms with Crippen LogP contribution in [0.1, 0.15) is 12.0 Å². The lowest BCUT2D eigenvalue weighted by atomic mass is 10.3. The van der Waals surface area contributed by atoms with Crippen molar-refractivity contribution in [3.63, 3.8) is 0 Å². The molecule has 0 spiro atoms. The van der Waals surface area contributed by atoms with E-state index in [0.717, 1.165) is 15.9 Å². The highest BCUT2D eigenvalue weighted by atomic mass is 79.9. The first-order valence-electron chi connectivity index (χ1n) is 4.64. The maximum absolute atomic E-state index is 11.7. The van der Waals surface area contributed by atoms with Crippen molar-refractivity contribution in [2.24, 2.45) is 0 Å². The maximum Gasteiger partial charge on any atom is 0.228 e. The van der Waals surface area contributed by atoms with E-state index in [1.807, 2.05) is 13.0 Å². The molecule has 0 N–H and O–H groups in total. The molecule has 1 unspecified atom stereocenters. The van der Waals surface area contributed by atoms with Crippen LogP contribution in [0.3, 0.4) is 0 Å². The number of anilines is 1. The molecule has 2 heterocycles. The fraction of sp³-hybridized carbons (Fsp3) is 0.400. The number of nitrogens with zero attached hydrogens (tertiary/aromatic N) is 2. The number of carbonyl (C=O) groups is 1. The van der Waals surface area contributed by atoms with Crippen molar-refractivity contribution >= 4 is 43.5 Å². The average Bonchev–Trinajstić information content (AvgIpc) is 2.50. The first kappa shape index (κ1) is 11.1. The minimum atomic E-state index is 0.143. The van der Waals surface area contributed by atoms with Crippen molar-refractivity contribution in [2.45, 2.75) is 18.2 Å². The summed E-state index contributed by atoms with van der Waals surface area (Å²) in [6.07, 6.45) is 2.33. The molecule has 0 bridgehead atoms. The molecule has 1 aliphatic heterocycles. The minimum Gasteiger partial charge on any atom is -0.309 e. The fourth-order valence-corrected chi connectivity index (χ4v) is 2.62. The van der Waals surface area contributed by atoms with E-state index < -0.39 is 0 Å². The van der Waals surface area contributed by atoms with Crippen LogP contribution in [0.4, 0.5) is 5.69 Å². The van der Waals surface area contributed by atoms with Gasteiger partial charge in [-0.15, -0.1) is 0 Å². The summed E-state index contributed by atoms with van der Waals surface area (Å²) in [5.41, 5.74) is 1.92. The summed E-state index contributed by atoms with van der Waals surface area (Å²) in [6.45, 7) is 2.68. The first-order valence-corrected chi connectivity index (χ1v) is 6.35. The normalized spacial score (nSPS) is 21.1. The van der Waals surface area contributed by atoms with E-state index in [9.17, 15) is 4.79 Å². The zero-order chi connectivity index (χ0) is 11.0. The molecule has 15 heavy (non-hydrogen) atoms. The van der Waals surface area contributed by atoms with Crippen molar-refractivity contribution < 1.29 is 4.79 Å². The molecule has 0 aromatic carbocycles. The molecule has 5 heteroatoms. The largest absolute Gasteiger partial charge is 0.309 e. The van der Waals surface area contributed by atoms with Gasteiger partial charge < -0.3 is 4.90 Å². The predicted octanol–water partition coefficient (Wildman–Crippen LogP) is 2.65. The Morgan fingerprint density at radius 1 is 1.60 bits per heavy atom. The van der Waals surface area contributed by atoms with Gasteiger partial charge in [0.05, 0.1) is 5.69 Å². The molecule has 2 rings (SSSR count). The predicted molar refractivity (Wildman–Crippen MR) is 66.4 cm³/mol. The van der Waals surface area contributed by atoms with Crippen molar-refractivity contribution in [1.82, 2.24) is 4.98 Å². The van der Waals surface area contributed by atoms with Crippen LogP contribution < -0.4 is 4.90 Å². The highest BCUT2D eigenvalue weighted by molar-refractivity contribution is 9.10. The number of pyridine rings is 1. The van der Waals surface area contributed by atoms with Crippen molar-refractivity contribution in [3.8, 4) is 0 Å². The Labute approximate surface area is 105 Å². The third-order valence-electron chi connectivity index (χ3n) is 2.33. The van der Waals surface area contributed by atoms with E-state index in [1.165, 1.54) is 0 Å². The Kier molecular flexibility index (Phi) is 3.11. The Hall–Kier alpha value is -0.420. The number of hydrogen-bond acceptors (Lipinski definition) is 2. The molecule has 1 atom stereocenters. The standard InChI is InChI=1S/C10H10Br2N2O/c1-6-2-8(10(12)13-4-6)14-5-7(11)3-9(14)15/h2,4,7H,3,5H2,1H3. The summed E-state index contributed by atoms with van der Waals surface area (Å²) in [6, 6.07) is 1.97. The summed E-state index contributed by atoms with van der Waals surface area (Å²) in [5, 5.41) is 0. The molecule has 0 aliphatic carbocycles. The van der Waals surface area contributed by atoms with Gasteiger partial charge in [-0.3, -0.25) is 4.79 Å². The summed E-state index contributed by atoms with van der Waals surface area (Å²) in [4.78, 5) is 17.9. The summed E-state index contributed by atoms with van der Waals surface area (Å²) < 4.78 is 0.725. The van der Waals surface area contributed by atoms with Gasteiger partial charge in [0.15, 0.2) is 0 Å². The van der Waals surface area contributed by atoms with Gasteiger partial charge in [0.2, 0.25) is 5.91 Å². The van der Waals surface area contributed by atoms with Gasteiger partial charge in [-0.25, -0.2) is 4.98 Å². The van der Waals surface area contributed by atoms with E-state index in [0.29, 0.717) is 13.0 Å². The lowest BCUT2D eigenvalue weighted by Crippen LogP contribution is -2.25. The number of carbonyl (C=O) groups excluding carboxylic acids is 1. The number of amides is 1. The number of rotatable bonds is 1. The Morgan fingerprint density at radius 2 is 2.33 bits per heavy atom. The zero-order valence-corrected chi connectivity index (χ0v) is 11.4. The van der Waals surface area contributed by atoms with Crippen LogP contribution in [-0.4, -0.2) is 22.3 Å². The Balaban J connectivity index is 2.37. The highest BCUT2D eigenvalue weighted by Crippen LogP contribution is 2.30. The first-order chi connectivity index (χ1) is 7.08. The van der Waals surface area contributed by atoms with E-state index in [-0.39, 0.29) is 10.7 Å². The van der Waals surface area contributed by atoms with Gasteiger partial charge in [-0.2, -0.15) is 0 Å². The monoisotopic (exact) mass is 332 g/mol. The second-order valence-corrected chi connectivity index (χ2v) is 5.67. The number of aromatic nitrogens is 1. The van der Waals surface area contributed by atoms with E-state index in [4.69, 9.17) is 0 Å². The molecule has 0 radical (unpaired) electrons. The third kappa shape index (κ3) is 2.23. The van der Waals surface area contributed by atoms with Crippen LogP contribution in [0.2, 0.25) is 0 Å². The second kappa shape index (κ2) is 4.22. The van der Waals surface area contributed by atoms with Gasteiger partial charge in [-0.05, 0) is 34.5 Å². The van der Waals surface area contributed by atoms with Crippen molar-refractivity contribution in [1.29, 1.82) is 0 Å². The van der Waals surface area contributed by atoms with Crippen LogP contribution in [-0.2, 0) is 4.79 Å². The van der Waals surface area contributed by atoms with Crippen LogP contribution >= 0.6 is 31.9 Å². The van der Waals surface area contributed by atoms with Crippen molar-refractivity contribution in [2.75, 3.05) is 11.4 Å². The smallest absolute Gasteiger partial charge is 0.228 e. The SMILES string of the molecule is Cc1cnc(Br)c(N2CC(Br)CC2=O)c1. The number of aryl methyl sites for hydroxylation is 1. The quantitative estimate of drug-likeness (QED) is 0.584. The van der Waals surface area contributed by atoms with Gasteiger partial charge in [0.1, 0.15) is 4.60 Å². The maximum atomic E-state index is 11.7. The molecule has 1 amide bonds. The highest BCUT2D eigenvalue weighted by Gasteiger charge is 2.30. The molecule has 1 aliphatic rings. The van der Waals surface area contributed by atoms with Gasteiger partial charge in [-0.1, -0.05) is 15.9 Å². The average molecular weight is 334 g/mol. The molecule has 3 nitrogen and oxygen atoms in total. The molecular weight excluding hydrogens is 324 g/mol. The van der Waals surface area contributed by atoms with Crippen LogP contribution in [0.25, 0.3) is 0 Å². The molecule has 1 aromatic rings. The second-order valence-electron chi connectivity index (χ2n) is 3.63. The Morgan fingerprint density at radius 3 is 2.93 bits per heavy atom.